The number of nitrogens with one attached hydrogen (secondary N) is 1. The number of nitrogens with zero attached hydrogens (tertiary/aromatic N) is 4. The van der Waals surface area contributed by atoms with Crippen LogP contribution in [0.5, 0.6) is 0 Å². The average Bonchev–Trinajstić information content (AvgIpc) is 3.40. The zero-order chi connectivity index (χ0) is 22.6. The Bertz CT molecular complexity index is 1060. The zero-order valence-electron chi connectivity index (χ0n) is 18.2. The van der Waals surface area contributed by atoms with Crippen LogP contribution in [-0.2, 0) is 12.6 Å². The number of rotatable bonds is 8. The molecule has 6 nitrogen and oxygen atoms in total. The second-order valence-electron chi connectivity index (χ2n) is 8.25. The highest BCUT2D eigenvalue weighted by Crippen LogP contribution is 2.29. The molecule has 1 N–H and O–H groups in total. The molecule has 32 heavy (non-hydrogen) atoms. The first-order chi connectivity index (χ1) is 15.5. The van der Waals surface area contributed by atoms with Crippen LogP contribution in [0.25, 0.3) is 23.2 Å². The lowest BCUT2D eigenvalue weighted by molar-refractivity contribution is -0.159. The van der Waals surface area contributed by atoms with E-state index >= 15 is 0 Å². The van der Waals surface area contributed by atoms with Gasteiger partial charge >= 0.3 is 12.1 Å². The van der Waals surface area contributed by atoms with E-state index in [1.807, 2.05) is 18.2 Å². The van der Waals surface area contributed by atoms with Crippen LogP contribution in [0.2, 0.25) is 0 Å². The summed E-state index contributed by atoms with van der Waals surface area (Å²) in [6.45, 7) is 4.20. The van der Waals surface area contributed by atoms with Crippen LogP contribution in [0.4, 0.5) is 13.2 Å². The highest BCUT2D eigenvalue weighted by molar-refractivity contribution is 5.81. The first-order valence-corrected chi connectivity index (χ1v) is 11.3. The molecule has 1 atom stereocenters. The van der Waals surface area contributed by atoms with E-state index in [9.17, 15) is 13.2 Å². The molecule has 2 aromatic heterocycles. The maximum absolute atomic E-state index is 12.6. The molecule has 1 aliphatic rings. The fourth-order valence-electron chi connectivity index (χ4n) is 4.21. The van der Waals surface area contributed by atoms with Gasteiger partial charge in [-0.05, 0) is 49.6 Å². The molecular weight excluding hydrogens is 419 g/mol. The Labute approximate surface area is 184 Å². The second-order valence-corrected chi connectivity index (χ2v) is 8.25. The summed E-state index contributed by atoms with van der Waals surface area (Å²) >= 11 is 0. The van der Waals surface area contributed by atoms with Gasteiger partial charge < -0.3 is 14.4 Å². The molecular formula is C23H28F3N5O. The number of unbranched alkanes of at least 4 members (excludes halogenated alkanes) is 3. The molecule has 0 radical (unpaired) electrons. The molecule has 9 heteroatoms. The Kier molecular flexibility index (Phi) is 6.93. The normalized spacial score (nSPS) is 17.6. The van der Waals surface area contributed by atoms with Crippen molar-refractivity contribution in [2.45, 2.75) is 64.1 Å². The van der Waals surface area contributed by atoms with Crippen LogP contribution in [0, 0.1) is 0 Å². The van der Waals surface area contributed by atoms with E-state index in [4.69, 9.17) is 4.98 Å². The van der Waals surface area contributed by atoms with Gasteiger partial charge in [-0.3, -0.25) is 0 Å². The van der Waals surface area contributed by atoms with Gasteiger partial charge in [-0.25, -0.2) is 4.98 Å². The second kappa shape index (κ2) is 9.85. The Morgan fingerprint density at radius 2 is 2.06 bits per heavy atom. The van der Waals surface area contributed by atoms with Crippen molar-refractivity contribution in [2.75, 3.05) is 13.1 Å². The van der Waals surface area contributed by atoms with E-state index in [2.05, 4.69) is 31.5 Å². The van der Waals surface area contributed by atoms with Crippen molar-refractivity contribution in [3.63, 3.8) is 0 Å². The maximum Gasteiger partial charge on any atom is 0.471 e. The Morgan fingerprint density at radius 1 is 1.19 bits per heavy atom. The number of imidazole rings is 1. The molecule has 0 amide bonds. The summed E-state index contributed by atoms with van der Waals surface area (Å²) in [4.78, 5) is 8.31. The Morgan fingerprint density at radius 3 is 2.78 bits per heavy atom. The standard InChI is InChI=1S/C23H28F3N5O/c1-2-3-4-5-8-21-28-18-14-16(10-12-20-29-22(32-30-20)23(24,25)26)9-11-19(18)31(21)17-7-6-13-27-15-17/h9-12,14,17,27H,2-8,13,15H2,1H3/b12-10+. The van der Waals surface area contributed by atoms with E-state index in [0.29, 0.717) is 6.04 Å². The highest BCUT2D eigenvalue weighted by atomic mass is 19.4. The summed E-state index contributed by atoms with van der Waals surface area (Å²) in [5.41, 5.74) is 2.81. The molecule has 3 heterocycles. The molecule has 0 saturated carbocycles. The topological polar surface area (TPSA) is 68.8 Å². The van der Waals surface area contributed by atoms with Gasteiger partial charge in [0.15, 0.2) is 5.82 Å². The number of halogens is 3. The van der Waals surface area contributed by atoms with Crippen molar-refractivity contribution >= 4 is 23.2 Å². The van der Waals surface area contributed by atoms with Gasteiger partial charge in [-0.15, -0.1) is 0 Å². The molecule has 1 aromatic carbocycles. The van der Waals surface area contributed by atoms with Gasteiger partial charge in [0.2, 0.25) is 0 Å². The van der Waals surface area contributed by atoms with Crippen molar-refractivity contribution in [1.82, 2.24) is 25.0 Å². The largest absolute Gasteiger partial charge is 0.471 e. The summed E-state index contributed by atoms with van der Waals surface area (Å²) in [7, 11) is 0. The third-order valence-electron chi connectivity index (χ3n) is 5.79. The molecule has 3 aromatic rings. The molecule has 4 rings (SSSR count). The maximum atomic E-state index is 12.6. The first kappa shape index (κ1) is 22.5. The van der Waals surface area contributed by atoms with Crippen LogP contribution < -0.4 is 5.32 Å². The molecule has 0 aliphatic carbocycles. The molecule has 1 saturated heterocycles. The van der Waals surface area contributed by atoms with Gasteiger partial charge in [0.05, 0.1) is 11.0 Å². The zero-order valence-corrected chi connectivity index (χ0v) is 18.2. The molecule has 0 spiro atoms. The third-order valence-corrected chi connectivity index (χ3v) is 5.79. The number of piperidine rings is 1. The van der Waals surface area contributed by atoms with E-state index in [0.717, 1.165) is 61.2 Å². The highest BCUT2D eigenvalue weighted by Gasteiger charge is 2.38. The Hall–Kier alpha value is -2.68. The van der Waals surface area contributed by atoms with Gasteiger partial charge in [-0.2, -0.15) is 18.2 Å². The van der Waals surface area contributed by atoms with E-state index < -0.39 is 12.1 Å². The summed E-state index contributed by atoms with van der Waals surface area (Å²) < 4.78 is 44.5. The molecule has 0 bridgehead atoms. The number of hydrogen-bond donors (Lipinski definition) is 1. The Balaban J connectivity index is 1.59. The summed E-state index contributed by atoms with van der Waals surface area (Å²) in [6.07, 6.45) is 6.39. The van der Waals surface area contributed by atoms with Crippen molar-refractivity contribution in [1.29, 1.82) is 0 Å². The van der Waals surface area contributed by atoms with Crippen LogP contribution >= 0.6 is 0 Å². The predicted octanol–water partition coefficient (Wildman–Crippen LogP) is 5.66. The minimum atomic E-state index is -4.65. The number of alkyl halides is 3. The number of hydrogen-bond acceptors (Lipinski definition) is 5. The van der Waals surface area contributed by atoms with Gasteiger partial charge in [-0.1, -0.05) is 43.5 Å². The molecule has 1 aliphatic heterocycles. The average molecular weight is 448 g/mol. The van der Waals surface area contributed by atoms with Gasteiger partial charge in [0, 0.05) is 19.0 Å². The van der Waals surface area contributed by atoms with Crippen molar-refractivity contribution in [3.8, 4) is 0 Å². The molecule has 1 unspecified atom stereocenters. The van der Waals surface area contributed by atoms with Gasteiger partial charge in [0.25, 0.3) is 0 Å². The van der Waals surface area contributed by atoms with Crippen LogP contribution in [0.3, 0.4) is 0 Å². The number of fused-ring (bicyclic) bond motifs is 1. The lowest BCUT2D eigenvalue weighted by Crippen LogP contribution is -2.32. The van der Waals surface area contributed by atoms with Gasteiger partial charge in [0.1, 0.15) is 5.82 Å². The van der Waals surface area contributed by atoms with E-state index in [-0.39, 0.29) is 5.82 Å². The monoisotopic (exact) mass is 447 g/mol. The van der Waals surface area contributed by atoms with E-state index in [1.54, 1.807) is 6.08 Å². The third kappa shape index (κ3) is 5.20. The fraction of sp³-hybridized carbons (Fsp3) is 0.522. The van der Waals surface area contributed by atoms with E-state index in [1.165, 1.54) is 25.3 Å². The van der Waals surface area contributed by atoms with Crippen LogP contribution in [0.15, 0.2) is 22.7 Å². The number of aromatic nitrogens is 4. The lowest BCUT2D eigenvalue weighted by Gasteiger charge is -2.26. The van der Waals surface area contributed by atoms with Crippen LogP contribution in [0.1, 0.15) is 74.6 Å². The SMILES string of the molecule is CCCCCCc1nc2cc(/C=C/c3noc(C(F)(F)F)n3)ccc2n1C1CCCNC1. The number of benzene rings is 1. The summed E-state index contributed by atoms with van der Waals surface area (Å²) in [5.74, 6) is -0.355. The van der Waals surface area contributed by atoms with Crippen molar-refractivity contribution < 1.29 is 17.7 Å². The molecule has 1 fully saturated rings. The van der Waals surface area contributed by atoms with Crippen molar-refractivity contribution in [2.24, 2.45) is 0 Å². The summed E-state index contributed by atoms with van der Waals surface area (Å²) in [5, 5.41) is 6.86. The smallest absolute Gasteiger partial charge is 0.329 e. The number of aryl methyl sites for hydroxylation is 1. The summed E-state index contributed by atoms with van der Waals surface area (Å²) in [6, 6.07) is 6.33. The fourth-order valence-corrected chi connectivity index (χ4v) is 4.21. The first-order valence-electron chi connectivity index (χ1n) is 11.3. The van der Waals surface area contributed by atoms with Crippen LogP contribution in [-0.4, -0.2) is 32.8 Å². The molecule has 172 valence electrons. The minimum absolute atomic E-state index is 0.118. The quantitative estimate of drug-likeness (QED) is 0.452. The lowest BCUT2D eigenvalue weighted by atomic mass is 10.1. The van der Waals surface area contributed by atoms with Crippen molar-refractivity contribution in [3.05, 3.63) is 41.3 Å². The predicted molar refractivity (Wildman–Crippen MR) is 117 cm³/mol. The minimum Gasteiger partial charge on any atom is -0.329 e.